The summed E-state index contributed by atoms with van der Waals surface area (Å²) >= 11 is 0. The van der Waals surface area contributed by atoms with Gasteiger partial charge in [0.2, 0.25) is 5.91 Å². The number of aromatic amines is 1. The minimum Gasteiger partial charge on any atom is -0.497 e. The number of nitrogens with zero attached hydrogens (tertiary/aromatic N) is 4. The number of ether oxygens (including phenoxy) is 1. The summed E-state index contributed by atoms with van der Waals surface area (Å²) in [5.74, 6) is 3.43. The van der Waals surface area contributed by atoms with E-state index in [1.54, 1.807) is 7.11 Å². The van der Waals surface area contributed by atoms with E-state index in [1.807, 2.05) is 36.1 Å². The fourth-order valence-electron chi connectivity index (χ4n) is 4.41. The molecule has 1 saturated carbocycles. The van der Waals surface area contributed by atoms with E-state index in [4.69, 9.17) is 4.74 Å². The molecule has 2 aliphatic rings. The third kappa shape index (κ3) is 6.58. The summed E-state index contributed by atoms with van der Waals surface area (Å²) in [6, 6.07) is 7.85. The molecule has 2 fully saturated rings. The highest BCUT2D eigenvalue weighted by Gasteiger charge is 2.32. The fraction of sp³-hybridized carbons (Fsp3) is 0.565. The van der Waals surface area contributed by atoms with Crippen LogP contribution in [0.15, 0.2) is 29.3 Å². The zero-order valence-corrected chi connectivity index (χ0v) is 21.7. The van der Waals surface area contributed by atoms with E-state index in [0.717, 1.165) is 56.2 Å². The molecule has 1 aliphatic carbocycles. The monoisotopic (exact) mass is 567 g/mol. The molecule has 1 amide bonds. The standard InChI is InChI=1S/C23H33N7O2.HI/c1-3-24-23(26-18-12-13-30(15-18)22(31)17-6-4-5-7-17)25-14-20-27-21(29-28-20)16-8-10-19(32-2)11-9-16;/h8-11,17-18H,3-7,12-15H2,1-2H3,(H2,24,25,26)(H,27,28,29);1H. The van der Waals surface area contributed by atoms with E-state index in [2.05, 4.69) is 30.8 Å². The molecular weight excluding hydrogens is 533 g/mol. The second-order valence-corrected chi connectivity index (χ2v) is 8.42. The highest BCUT2D eigenvalue weighted by Crippen LogP contribution is 2.27. The number of carbonyl (C=O) groups is 1. The van der Waals surface area contributed by atoms with E-state index in [0.29, 0.717) is 24.1 Å². The predicted octanol–water partition coefficient (Wildman–Crippen LogP) is 2.94. The SMILES string of the molecule is CCNC(=NCc1nc(-c2ccc(OC)cc2)n[nH]1)NC1CCN(C(=O)C2CCCC2)C1.I. The first-order valence-electron chi connectivity index (χ1n) is 11.6. The highest BCUT2D eigenvalue weighted by atomic mass is 127. The van der Waals surface area contributed by atoms with Crippen LogP contribution in [0.1, 0.15) is 44.9 Å². The first-order chi connectivity index (χ1) is 15.7. The van der Waals surface area contributed by atoms with Gasteiger partial charge in [-0.2, -0.15) is 5.10 Å². The summed E-state index contributed by atoms with van der Waals surface area (Å²) < 4.78 is 5.20. The molecule has 4 rings (SSSR count). The van der Waals surface area contributed by atoms with Crippen molar-refractivity contribution in [1.29, 1.82) is 0 Å². The molecule has 1 saturated heterocycles. The molecule has 1 aromatic heterocycles. The van der Waals surface area contributed by atoms with Crippen LogP contribution in [-0.4, -0.2) is 64.7 Å². The Bertz CT molecular complexity index is 925. The number of nitrogens with one attached hydrogen (secondary N) is 3. The molecule has 9 nitrogen and oxygen atoms in total. The molecule has 1 aliphatic heterocycles. The number of carbonyl (C=O) groups excluding carboxylic acids is 1. The zero-order valence-electron chi connectivity index (χ0n) is 19.3. The summed E-state index contributed by atoms with van der Waals surface area (Å²) in [4.78, 5) is 23.9. The van der Waals surface area contributed by atoms with E-state index >= 15 is 0 Å². The molecule has 2 heterocycles. The minimum absolute atomic E-state index is 0. The van der Waals surface area contributed by atoms with Crippen molar-refractivity contribution < 1.29 is 9.53 Å². The van der Waals surface area contributed by atoms with Gasteiger partial charge in [0.25, 0.3) is 0 Å². The maximum atomic E-state index is 12.7. The third-order valence-electron chi connectivity index (χ3n) is 6.16. The van der Waals surface area contributed by atoms with Crippen molar-refractivity contribution in [2.75, 3.05) is 26.7 Å². The molecule has 33 heavy (non-hydrogen) atoms. The van der Waals surface area contributed by atoms with Gasteiger partial charge in [-0.05, 0) is 50.5 Å². The number of methoxy groups -OCH3 is 1. The lowest BCUT2D eigenvalue weighted by Gasteiger charge is -2.21. The number of H-pyrrole nitrogens is 1. The first kappa shape index (κ1) is 25.3. The first-order valence-corrected chi connectivity index (χ1v) is 11.6. The number of rotatable bonds is 7. The van der Waals surface area contributed by atoms with Crippen LogP contribution < -0.4 is 15.4 Å². The number of likely N-dealkylation sites (tertiary alicyclic amines) is 1. The Morgan fingerprint density at radius 3 is 2.70 bits per heavy atom. The van der Waals surface area contributed by atoms with Gasteiger partial charge < -0.3 is 20.3 Å². The van der Waals surface area contributed by atoms with Gasteiger partial charge in [0.15, 0.2) is 11.8 Å². The third-order valence-corrected chi connectivity index (χ3v) is 6.16. The molecule has 0 bridgehead atoms. The number of amides is 1. The maximum absolute atomic E-state index is 12.7. The van der Waals surface area contributed by atoms with Crippen molar-refractivity contribution >= 4 is 35.8 Å². The summed E-state index contributed by atoms with van der Waals surface area (Å²) in [7, 11) is 1.64. The van der Waals surface area contributed by atoms with Crippen LogP contribution in [0.5, 0.6) is 5.75 Å². The van der Waals surface area contributed by atoms with E-state index in [1.165, 1.54) is 12.8 Å². The Hall–Kier alpha value is -2.37. The number of hydrogen-bond donors (Lipinski definition) is 3. The van der Waals surface area contributed by atoms with Crippen molar-refractivity contribution in [3.8, 4) is 17.1 Å². The van der Waals surface area contributed by atoms with E-state index in [9.17, 15) is 4.79 Å². The molecule has 2 aromatic rings. The molecule has 10 heteroatoms. The lowest BCUT2D eigenvalue weighted by molar-refractivity contribution is -0.134. The number of aliphatic imine (C=N–C) groups is 1. The number of aromatic nitrogens is 3. The summed E-state index contributed by atoms with van der Waals surface area (Å²) in [6.07, 6.45) is 5.41. The summed E-state index contributed by atoms with van der Waals surface area (Å²) in [5.41, 5.74) is 0.917. The molecule has 180 valence electrons. The molecule has 0 spiro atoms. The second kappa shape index (κ2) is 12.2. The Balaban J connectivity index is 0.00000306. The lowest BCUT2D eigenvalue weighted by atomic mass is 10.1. The largest absolute Gasteiger partial charge is 0.497 e. The van der Waals surface area contributed by atoms with Crippen LogP contribution in [0.4, 0.5) is 0 Å². The molecule has 1 unspecified atom stereocenters. The van der Waals surface area contributed by atoms with Crippen molar-refractivity contribution in [2.45, 2.75) is 51.6 Å². The topological polar surface area (TPSA) is 108 Å². The van der Waals surface area contributed by atoms with Gasteiger partial charge in [0.1, 0.15) is 18.1 Å². The lowest BCUT2D eigenvalue weighted by Crippen LogP contribution is -2.45. The smallest absolute Gasteiger partial charge is 0.225 e. The summed E-state index contributed by atoms with van der Waals surface area (Å²) in [5, 5.41) is 14.0. The highest BCUT2D eigenvalue weighted by molar-refractivity contribution is 14.0. The minimum atomic E-state index is 0. The van der Waals surface area contributed by atoms with Crippen LogP contribution in [-0.2, 0) is 11.3 Å². The Morgan fingerprint density at radius 2 is 2.00 bits per heavy atom. The average Bonchev–Trinajstić information content (AvgIpc) is 3.59. The van der Waals surface area contributed by atoms with Crippen LogP contribution in [0, 0.1) is 5.92 Å². The van der Waals surface area contributed by atoms with Gasteiger partial charge in [-0.1, -0.05) is 12.8 Å². The van der Waals surface area contributed by atoms with Crippen LogP contribution in [0.3, 0.4) is 0 Å². The van der Waals surface area contributed by atoms with E-state index < -0.39 is 0 Å². The van der Waals surface area contributed by atoms with Crippen molar-refractivity contribution in [3.63, 3.8) is 0 Å². The Labute approximate surface area is 212 Å². The van der Waals surface area contributed by atoms with Crippen molar-refractivity contribution in [2.24, 2.45) is 10.9 Å². The molecular formula is C23H34IN7O2. The van der Waals surface area contributed by atoms with Gasteiger partial charge in [-0.25, -0.2) is 9.98 Å². The van der Waals surface area contributed by atoms with Gasteiger partial charge in [0, 0.05) is 37.2 Å². The number of benzene rings is 1. The van der Waals surface area contributed by atoms with Crippen molar-refractivity contribution in [1.82, 2.24) is 30.7 Å². The van der Waals surface area contributed by atoms with Gasteiger partial charge in [-0.15, -0.1) is 24.0 Å². The predicted molar refractivity (Wildman–Crippen MR) is 139 cm³/mol. The average molecular weight is 567 g/mol. The van der Waals surface area contributed by atoms with Crippen LogP contribution in [0.2, 0.25) is 0 Å². The zero-order chi connectivity index (χ0) is 22.3. The van der Waals surface area contributed by atoms with E-state index in [-0.39, 0.29) is 35.9 Å². The Kier molecular flexibility index (Phi) is 9.33. The molecule has 1 atom stereocenters. The van der Waals surface area contributed by atoms with Crippen LogP contribution >= 0.6 is 24.0 Å². The van der Waals surface area contributed by atoms with Gasteiger partial charge >= 0.3 is 0 Å². The van der Waals surface area contributed by atoms with Gasteiger partial charge in [0.05, 0.1) is 7.11 Å². The second-order valence-electron chi connectivity index (χ2n) is 8.42. The normalized spacial score (nSPS) is 18.8. The quantitative estimate of drug-likeness (QED) is 0.270. The number of guanidine groups is 1. The van der Waals surface area contributed by atoms with Crippen LogP contribution in [0.25, 0.3) is 11.4 Å². The maximum Gasteiger partial charge on any atom is 0.225 e. The number of hydrogen-bond acceptors (Lipinski definition) is 5. The molecule has 3 N–H and O–H groups in total. The number of halogens is 1. The fourth-order valence-corrected chi connectivity index (χ4v) is 4.41. The Morgan fingerprint density at radius 1 is 1.24 bits per heavy atom. The molecule has 0 radical (unpaired) electrons. The summed E-state index contributed by atoms with van der Waals surface area (Å²) in [6.45, 7) is 4.74. The van der Waals surface area contributed by atoms with Gasteiger partial charge in [-0.3, -0.25) is 9.89 Å². The molecule has 1 aromatic carbocycles. The van der Waals surface area contributed by atoms with Crippen molar-refractivity contribution in [3.05, 3.63) is 30.1 Å².